The molecule has 1 fully saturated rings. The molecular formula is C15H23ClN2O. The standard InChI is InChI=1S/C15H23ClN2O/c1-3-13-11-17(2)8-5-9-18(13)10-12-6-4-7-14(16)15(12)19/h4,6-7,13,19H,3,5,8-11H2,1-2H3. The smallest absolute Gasteiger partial charge is 0.138 e. The van der Waals surface area contributed by atoms with Gasteiger partial charge in [0.1, 0.15) is 5.75 Å². The van der Waals surface area contributed by atoms with E-state index in [1.165, 1.54) is 6.42 Å². The largest absolute Gasteiger partial charge is 0.506 e. The molecule has 0 radical (unpaired) electrons. The highest BCUT2D eigenvalue weighted by Gasteiger charge is 2.22. The summed E-state index contributed by atoms with van der Waals surface area (Å²) in [5.41, 5.74) is 0.926. The minimum atomic E-state index is 0.233. The van der Waals surface area contributed by atoms with E-state index in [9.17, 15) is 5.11 Å². The average molecular weight is 283 g/mol. The van der Waals surface area contributed by atoms with Crippen LogP contribution in [0.15, 0.2) is 18.2 Å². The zero-order valence-corrected chi connectivity index (χ0v) is 12.5. The van der Waals surface area contributed by atoms with Crippen molar-refractivity contribution < 1.29 is 5.11 Å². The number of hydrogen-bond acceptors (Lipinski definition) is 3. The number of para-hydroxylation sites is 1. The lowest BCUT2D eigenvalue weighted by Gasteiger charge is -2.30. The number of rotatable bonds is 3. The first-order valence-corrected chi connectivity index (χ1v) is 7.38. The molecule has 3 nitrogen and oxygen atoms in total. The molecule has 1 aliphatic rings. The number of hydrogen-bond donors (Lipinski definition) is 1. The second-order valence-electron chi connectivity index (χ2n) is 5.40. The number of phenolic OH excluding ortho intramolecular Hbond substituents is 1. The zero-order valence-electron chi connectivity index (χ0n) is 11.8. The molecule has 1 heterocycles. The van der Waals surface area contributed by atoms with Crippen molar-refractivity contribution in [3.05, 3.63) is 28.8 Å². The molecule has 1 aromatic carbocycles. The van der Waals surface area contributed by atoms with E-state index in [1.807, 2.05) is 12.1 Å². The second kappa shape index (κ2) is 6.60. The summed E-state index contributed by atoms with van der Waals surface area (Å²) in [6, 6.07) is 6.14. The van der Waals surface area contributed by atoms with Gasteiger partial charge in [-0.05, 0) is 32.5 Å². The summed E-state index contributed by atoms with van der Waals surface area (Å²) in [6.45, 7) is 6.33. The predicted molar refractivity (Wildman–Crippen MR) is 79.7 cm³/mol. The van der Waals surface area contributed by atoms with Gasteiger partial charge >= 0.3 is 0 Å². The number of phenols is 1. The minimum absolute atomic E-state index is 0.233. The highest BCUT2D eigenvalue weighted by molar-refractivity contribution is 6.32. The van der Waals surface area contributed by atoms with Gasteiger partial charge in [-0.3, -0.25) is 4.90 Å². The van der Waals surface area contributed by atoms with Gasteiger partial charge in [0.05, 0.1) is 5.02 Å². The summed E-state index contributed by atoms with van der Waals surface area (Å²) in [5, 5.41) is 10.5. The van der Waals surface area contributed by atoms with E-state index in [0.29, 0.717) is 11.1 Å². The fraction of sp³-hybridized carbons (Fsp3) is 0.600. The predicted octanol–water partition coefficient (Wildman–Crippen LogP) is 2.96. The van der Waals surface area contributed by atoms with Gasteiger partial charge in [-0.1, -0.05) is 30.7 Å². The number of nitrogens with zero attached hydrogens (tertiary/aromatic N) is 2. The maximum absolute atomic E-state index is 10.0. The second-order valence-corrected chi connectivity index (χ2v) is 5.80. The molecule has 1 saturated heterocycles. The van der Waals surface area contributed by atoms with Crippen LogP contribution >= 0.6 is 11.6 Å². The number of benzene rings is 1. The highest BCUT2D eigenvalue weighted by atomic mass is 35.5. The molecule has 0 bridgehead atoms. The molecule has 0 aromatic heterocycles. The Hall–Kier alpha value is -0.770. The van der Waals surface area contributed by atoms with E-state index < -0.39 is 0 Å². The lowest BCUT2D eigenvalue weighted by atomic mass is 10.1. The van der Waals surface area contributed by atoms with Crippen molar-refractivity contribution in [3.8, 4) is 5.75 Å². The molecule has 2 rings (SSSR count). The zero-order chi connectivity index (χ0) is 13.8. The van der Waals surface area contributed by atoms with Gasteiger partial charge in [0.2, 0.25) is 0 Å². The summed E-state index contributed by atoms with van der Waals surface area (Å²) in [7, 11) is 2.18. The summed E-state index contributed by atoms with van der Waals surface area (Å²) in [6.07, 6.45) is 2.31. The number of aromatic hydroxyl groups is 1. The van der Waals surface area contributed by atoms with Crippen LogP contribution in [-0.2, 0) is 6.54 Å². The van der Waals surface area contributed by atoms with Crippen LogP contribution in [0, 0.1) is 0 Å². The molecule has 106 valence electrons. The maximum atomic E-state index is 10.0. The highest BCUT2D eigenvalue weighted by Crippen LogP contribution is 2.29. The van der Waals surface area contributed by atoms with Crippen LogP contribution in [0.25, 0.3) is 0 Å². The lowest BCUT2D eigenvalue weighted by Crippen LogP contribution is -2.39. The van der Waals surface area contributed by atoms with Crippen molar-refractivity contribution in [2.75, 3.05) is 26.7 Å². The first-order valence-electron chi connectivity index (χ1n) is 7.00. The van der Waals surface area contributed by atoms with Crippen LogP contribution in [0.5, 0.6) is 5.75 Å². The van der Waals surface area contributed by atoms with Crippen LogP contribution in [0.3, 0.4) is 0 Å². The van der Waals surface area contributed by atoms with E-state index in [2.05, 4.69) is 23.8 Å². The van der Waals surface area contributed by atoms with Gasteiger partial charge in [0.25, 0.3) is 0 Å². The molecule has 0 aliphatic carbocycles. The molecule has 0 amide bonds. The molecule has 1 aliphatic heterocycles. The fourth-order valence-electron chi connectivity index (χ4n) is 2.79. The summed E-state index contributed by atoms with van der Waals surface area (Å²) in [4.78, 5) is 4.86. The van der Waals surface area contributed by atoms with E-state index in [-0.39, 0.29) is 5.75 Å². The first-order chi connectivity index (χ1) is 9.11. The average Bonchev–Trinajstić information content (AvgIpc) is 2.57. The molecule has 1 atom stereocenters. The third kappa shape index (κ3) is 3.62. The summed E-state index contributed by atoms with van der Waals surface area (Å²) >= 11 is 5.98. The monoisotopic (exact) mass is 282 g/mol. The molecule has 1 unspecified atom stereocenters. The Kier molecular flexibility index (Phi) is 5.08. The molecule has 4 heteroatoms. The fourth-order valence-corrected chi connectivity index (χ4v) is 2.99. The van der Waals surface area contributed by atoms with Crippen LogP contribution in [0.4, 0.5) is 0 Å². The van der Waals surface area contributed by atoms with E-state index in [0.717, 1.165) is 38.2 Å². The summed E-state index contributed by atoms with van der Waals surface area (Å²) in [5.74, 6) is 0.233. The van der Waals surface area contributed by atoms with Gasteiger partial charge in [0, 0.05) is 31.2 Å². The Morgan fingerprint density at radius 3 is 2.89 bits per heavy atom. The van der Waals surface area contributed by atoms with E-state index >= 15 is 0 Å². The first kappa shape index (κ1) is 14.6. The minimum Gasteiger partial charge on any atom is -0.506 e. The van der Waals surface area contributed by atoms with E-state index in [4.69, 9.17) is 11.6 Å². The van der Waals surface area contributed by atoms with Crippen LogP contribution in [0.1, 0.15) is 25.3 Å². The third-order valence-electron chi connectivity index (χ3n) is 3.94. The normalized spacial score (nSPS) is 22.4. The quantitative estimate of drug-likeness (QED) is 0.923. The Balaban J connectivity index is 2.13. The molecule has 0 spiro atoms. The van der Waals surface area contributed by atoms with Crippen molar-refractivity contribution >= 4 is 11.6 Å². The molecule has 1 N–H and O–H groups in total. The Labute approximate surface area is 120 Å². The van der Waals surface area contributed by atoms with Crippen molar-refractivity contribution in [2.24, 2.45) is 0 Å². The Bertz CT molecular complexity index is 425. The number of halogens is 1. The van der Waals surface area contributed by atoms with Gasteiger partial charge in [0.15, 0.2) is 0 Å². The number of likely N-dealkylation sites (N-methyl/N-ethyl adjacent to an activating group) is 1. The van der Waals surface area contributed by atoms with E-state index in [1.54, 1.807) is 6.07 Å². The Morgan fingerprint density at radius 1 is 1.37 bits per heavy atom. The lowest BCUT2D eigenvalue weighted by molar-refractivity contribution is 0.174. The Morgan fingerprint density at radius 2 is 2.16 bits per heavy atom. The van der Waals surface area contributed by atoms with Gasteiger partial charge in [-0.15, -0.1) is 0 Å². The molecule has 1 aromatic rings. The van der Waals surface area contributed by atoms with Crippen molar-refractivity contribution in [1.29, 1.82) is 0 Å². The molecule has 0 saturated carbocycles. The molecular weight excluding hydrogens is 260 g/mol. The van der Waals surface area contributed by atoms with Crippen molar-refractivity contribution in [2.45, 2.75) is 32.4 Å². The van der Waals surface area contributed by atoms with Gasteiger partial charge in [-0.2, -0.15) is 0 Å². The topological polar surface area (TPSA) is 26.7 Å². The summed E-state index contributed by atoms with van der Waals surface area (Å²) < 4.78 is 0. The maximum Gasteiger partial charge on any atom is 0.138 e. The van der Waals surface area contributed by atoms with Gasteiger partial charge in [-0.25, -0.2) is 0 Å². The van der Waals surface area contributed by atoms with Gasteiger partial charge < -0.3 is 10.0 Å². The SMILES string of the molecule is CCC1CN(C)CCCN1Cc1cccc(Cl)c1O. The van der Waals surface area contributed by atoms with Crippen LogP contribution in [0.2, 0.25) is 5.02 Å². The molecule has 19 heavy (non-hydrogen) atoms. The van der Waals surface area contributed by atoms with Crippen molar-refractivity contribution in [1.82, 2.24) is 9.80 Å². The third-order valence-corrected chi connectivity index (χ3v) is 4.24. The van der Waals surface area contributed by atoms with Crippen molar-refractivity contribution in [3.63, 3.8) is 0 Å². The van der Waals surface area contributed by atoms with Crippen LogP contribution in [-0.4, -0.2) is 47.6 Å². The van der Waals surface area contributed by atoms with Crippen LogP contribution < -0.4 is 0 Å².